The van der Waals surface area contributed by atoms with Crippen molar-refractivity contribution in [2.24, 2.45) is 5.41 Å². The van der Waals surface area contributed by atoms with Crippen LogP contribution in [0.2, 0.25) is 0 Å². The Morgan fingerprint density at radius 3 is 2.48 bits per heavy atom. The molecule has 2 fully saturated rings. The molecule has 7 nitrogen and oxygen atoms in total. The summed E-state index contributed by atoms with van der Waals surface area (Å²) in [6.07, 6.45) is 5.69. The lowest BCUT2D eigenvalue weighted by atomic mass is 9.99. The van der Waals surface area contributed by atoms with Crippen LogP contribution in [-0.2, 0) is 16.1 Å². The molecule has 2 aliphatic carbocycles. The third-order valence-corrected chi connectivity index (χ3v) is 6.96. The first-order chi connectivity index (χ1) is 16.0. The maximum Gasteiger partial charge on any atom is 0.315 e. The zero-order valence-electron chi connectivity index (χ0n) is 19.1. The lowest BCUT2D eigenvalue weighted by Crippen LogP contribution is -2.29. The number of ether oxygens (including phenoxy) is 4. The summed E-state index contributed by atoms with van der Waals surface area (Å²) in [6.45, 7) is 0.724. The molecule has 2 aromatic rings. The van der Waals surface area contributed by atoms with Crippen LogP contribution >= 0.6 is 0 Å². The fraction of sp³-hybridized carbons (Fsp3) is 0.462. The number of benzene rings is 2. The molecule has 5 rings (SSSR count). The van der Waals surface area contributed by atoms with Gasteiger partial charge in [0.25, 0.3) is 5.91 Å². The Balaban J connectivity index is 1.43. The van der Waals surface area contributed by atoms with Crippen molar-refractivity contribution in [2.45, 2.75) is 51.2 Å². The standard InChI is InChI=1S/C26H29NO6/c1-30-21-10-9-19(16-7-8-20-17(13-16)14-27-24(20)28)22(23(21)31-2)32-15-26(11-12-26)25(29)33-18-5-3-4-6-18/h7-10,13,18H,3-6,11-12,14-15H2,1-2H3,(H,27,28). The molecule has 0 unspecified atom stereocenters. The van der Waals surface area contributed by atoms with Gasteiger partial charge in [-0.1, -0.05) is 6.07 Å². The Morgan fingerprint density at radius 2 is 1.79 bits per heavy atom. The van der Waals surface area contributed by atoms with E-state index in [1.54, 1.807) is 14.2 Å². The average Bonchev–Trinajstić information content (AvgIpc) is 3.29. The van der Waals surface area contributed by atoms with E-state index in [0.717, 1.165) is 55.2 Å². The van der Waals surface area contributed by atoms with E-state index in [9.17, 15) is 9.59 Å². The van der Waals surface area contributed by atoms with Crippen LogP contribution in [0, 0.1) is 5.41 Å². The molecule has 0 saturated heterocycles. The highest BCUT2D eigenvalue weighted by Gasteiger charge is 2.53. The Morgan fingerprint density at radius 1 is 1.03 bits per heavy atom. The van der Waals surface area contributed by atoms with Gasteiger partial charge in [-0.15, -0.1) is 0 Å². The first kappa shape index (κ1) is 21.6. The van der Waals surface area contributed by atoms with Gasteiger partial charge < -0.3 is 24.3 Å². The highest BCUT2D eigenvalue weighted by Crippen LogP contribution is 2.50. The van der Waals surface area contributed by atoms with Crippen LogP contribution in [0.5, 0.6) is 17.2 Å². The summed E-state index contributed by atoms with van der Waals surface area (Å²) in [5, 5.41) is 2.85. The fourth-order valence-corrected chi connectivity index (χ4v) is 4.72. The average molecular weight is 452 g/mol. The highest BCUT2D eigenvalue weighted by molar-refractivity contribution is 5.99. The molecular formula is C26H29NO6. The number of esters is 1. The SMILES string of the molecule is COc1ccc(-c2ccc3c(c2)CNC3=O)c(OCC2(C(=O)OC3CCCC3)CC2)c1OC. The topological polar surface area (TPSA) is 83.1 Å². The van der Waals surface area contributed by atoms with Crippen LogP contribution < -0.4 is 19.5 Å². The molecule has 1 amide bonds. The number of hydrogen-bond acceptors (Lipinski definition) is 6. The van der Waals surface area contributed by atoms with Crippen LogP contribution in [0.15, 0.2) is 30.3 Å². The van der Waals surface area contributed by atoms with Gasteiger partial charge in [0.2, 0.25) is 5.75 Å². The van der Waals surface area contributed by atoms with E-state index >= 15 is 0 Å². The second-order valence-electron chi connectivity index (χ2n) is 9.11. The monoisotopic (exact) mass is 451 g/mol. The number of hydrogen-bond donors (Lipinski definition) is 1. The zero-order valence-corrected chi connectivity index (χ0v) is 19.1. The van der Waals surface area contributed by atoms with Gasteiger partial charge in [-0.3, -0.25) is 9.59 Å². The number of nitrogens with one attached hydrogen (secondary N) is 1. The van der Waals surface area contributed by atoms with Gasteiger partial charge >= 0.3 is 5.97 Å². The van der Waals surface area contributed by atoms with Crippen molar-refractivity contribution in [2.75, 3.05) is 20.8 Å². The Labute approximate surface area is 193 Å². The first-order valence-corrected chi connectivity index (χ1v) is 11.5. The van der Waals surface area contributed by atoms with Crippen LogP contribution in [-0.4, -0.2) is 38.8 Å². The normalized spacial score (nSPS) is 18.4. The van der Waals surface area contributed by atoms with E-state index in [2.05, 4.69) is 5.32 Å². The molecule has 0 spiro atoms. The van der Waals surface area contributed by atoms with Crippen molar-refractivity contribution < 1.29 is 28.5 Å². The van der Waals surface area contributed by atoms with Crippen molar-refractivity contribution in [3.8, 4) is 28.4 Å². The molecular weight excluding hydrogens is 422 g/mol. The molecule has 0 aromatic heterocycles. The van der Waals surface area contributed by atoms with E-state index in [4.69, 9.17) is 18.9 Å². The van der Waals surface area contributed by atoms with E-state index in [0.29, 0.717) is 29.4 Å². The quantitative estimate of drug-likeness (QED) is 0.604. The molecule has 1 heterocycles. The second kappa shape index (κ2) is 8.61. The molecule has 2 saturated carbocycles. The third kappa shape index (κ3) is 4.01. The van der Waals surface area contributed by atoms with Crippen LogP contribution in [0.1, 0.15) is 54.4 Å². The Kier molecular flexibility index (Phi) is 5.64. The minimum Gasteiger partial charge on any atom is -0.493 e. The van der Waals surface area contributed by atoms with Gasteiger partial charge in [0.1, 0.15) is 18.1 Å². The van der Waals surface area contributed by atoms with Gasteiger partial charge in [0, 0.05) is 17.7 Å². The molecule has 1 N–H and O–H groups in total. The molecule has 1 aliphatic heterocycles. The summed E-state index contributed by atoms with van der Waals surface area (Å²) in [5.74, 6) is 1.34. The number of fused-ring (bicyclic) bond motifs is 1. The molecule has 0 atom stereocenters. The molecule has 0 radical (unpaired) electrons. The maximum atomic E-state index is 12.9. The molecule has 0 bridgehead atoms. The number of methoxy groups -OCH3 is 2. The molecule has 7 heteroatoms. The number of amides is 1. The van der Waals surface area contributed by atoms with Crippen molar-refractivity contribution in [3.05, 3.63) is 41.5 Å². The Hall–Kier alpha value is -3.22. The fourth-order valence-electron chi connectivity index (χ4n) is 4.72. The van der Waals surface area contributed by atoms with E-state index < -0.39 is 5.41 Å². The number of rotatable bonds is 8. The van der Waals surface area contributed by atoms with E-state index in [1.807, 2.05) is 30.3 Å². The smallest absolute Gasteiger partial charge is 0.315 e. The van der Waals surface area contributed by atoms with Crippen LogP contribution in [0.25, 0.3) is 11.1 Å². The predicted molar refractivity (Wildman–Crippen MR) is 122 cm³/mol. The predicted octanol–water partition coefficient (Wildman–Crippen LogP) is 4.26. The zero-order chi connectivity index (χ0) is 23.0. The summed E-state index contributed by atoms with van der Waals surface area (Å²) in [4.78, 5) is 24.9. The van der Waals surface area contributed by atoms with Crippen molar-refractivity contribution in [1.82, 2.24) is 5.32 Å². The minimum absolute atomic E-state index is 0.0413. The first-order valence-electron chi connectivity index (χ1n) is 11.5. The Bertz CT molecular complexity index is 1080. The molecule has 174 valence electrons. The second-order valence-corrected chi connectivity index (χ2v) is 9.11. The summed E-state index contributed by atoms with van der Waals surface area (Å²) in [6, 6.07) is 9.47. The van der Waals surface area contributed by atoms with Gasteiger partial charge in [-0.05, 0) is 73.9 Å². The molecule has 2 aromatic carbocycles. The lowest BCUT2D eigenvalue weighted by Gasteiger charge is -2.22. The van der Waals surface area contributed by atoms with Crippen molar-refractivity contribution in [3.63, 3.8) is 0 Å². The van der Waals surface area contributed by atoms with Crippen LogP contribution in [0.3, 0.4) is 0 Å². The van der Waals surface area contributed by atoms with Crippen molar-refractivity contribution in [1.29, 1.82) is 0 Å². The third-order valence-electron chi connectivity index (χ3n) is 6.96. The molecule has 3 aliphatic rings. The highest BCUT2D eigenvalue weighted by atomic mass is 16.6. The summed E-state index contributed by atoms with van der Waals surface area (Å²) in [5.41, 5.74) is 2.75. The largest absolute Gasteiger partial charge is 0.493 e. The van der Waals surface area contributed by atoms with Crippen molar-refractivity contribution >= 4 is 11.9 Å². The van der Waals surface area contributed by atoms with Crippen LogP contribution in [0.4, 0.5) is 0 Å². The van der Waals surface area contributed by atoms with E-state index in [-0.39, 0.29) is 24.6 Å². The molecule has 33 heavy (non-hydrogen) atoms. The lowest BCUT2D eigenvalue weighted by molar-refractivity contribution is -0.156. The van der Waals surface area contributed by atoms with Gasteiger partial charge in [0.05, 0.1) is 14.2 Å². The van der Waals surface area contributed by atoms with Gasteiger partial charge in [-0.25, -0.2) is 0 Å². The summed E-state index contributed by atoms with van der Waals surface area (Å²) in [7, 11) is 3.15. The minimum atomic E-state index is -0.595. The number of carbonyl (C=O) groups is 2. The maximum absolute atomic E-state index is 12.9. The summed E-state index contributed by atoms with van der Waals surface area (Å²) < 4.78 is 23.3. The summed E-state index contributed by atoms with van der Waals surface area (Å²) >= 11 is 0. The van der Waals surface area contributed by atoms with Gasteiger partial charge in [-0.2, -0.15) is 0 Å². The number of carbonyl (C=O) groups excluding carboxylic acids is 2. The van der Waals surface area contributed by atoms with E-state index in [1.165, 1.54) is 0 Å². The van der Waals surface area contributed by atoms with Gasteiger partial charge in [0.15, 0.2) is 11.5 Å².